The van der Waals surface area contributed by atoms with Gasteiger partial charge in [-0.2, -0.15) is 0 Å². The van der Waals surface area contributed by atoms with Gasteiger partial charge in [-0.05, 0) is 37.1 Å². The van der Waals surface area contributed by atoms with Crippen molar-refractivity contribution in [3.05, 3.63) is 29.8 Å². The Bertz CT molecular complexity index is 497. The number of amides is 2. The van der Waals surface area contributed by atoms with Crippen molar-refractivity contribution in [2.24, 2.45) is 0 Å². The number of hydrogen-bond donors (Lipinski definition) is 3. The zero-order valence-corrected chi connectivity index (χ0v) is 12.0. The highest BCUT2D eigenvalue weighted by Crippen LogP contribution is 2.09. The van der Waals surface area contributed by atoms with Gasteiger partial charge in [0.2, 0.25) is 5.91 Å². The monoisotopic (exact) mass is 292 g/mol. The molecular weight excluding hydrogens is 272 g/mol. The summed E-state index contributed by atoms with van der Waals surface area (Å²) >= 11 is 0. The highest BCUT2D eigenvalue weighted by atomic mass is 16.4. The molecule has 6 nitrogen and oxygen atoms in total. The van der Waals surface area contributed by atoms with Crippen LogP contribution in [0.25, 0.3) is 0 Å². The number of unbranched alkanes of at least 4 members (excludes halogenated alkanes) is 2. The van der Waals surface area contributed by atoms with Crippen LogP contribution in [0.4, 0.5) is 5.69 Å². The first-order valence-electron chi connectivity index (χ1n) is 6.86. The van der Waals surface area contributed by atoms with Crippen LogP contribution in [0.3, 0.4) is 0 Å². The summed E-state index contributed by atoms with van der Waals surface area (Å²) in [5.41, 5.74) is 1.17. The van der Waals surface area contributed by atoms with E-state index < -0.39 is 5.97 Å². The molecule has 0 saturated heterocycles. The Balaban J connectivity index is 2.28. The van der Waals surface area contributed by atoms with Crippen LogP contribution in [0.15, 0.2) is 24.3 Å². The van der Waals surface area contributed by atoms with E-state index in [4.69, 9.17) is 5.11 Å². The molecule has 2 amide bonds. The molecule has 1 rings (SSSR count). The summed E-state index contributed by atoms with van der Waals surface area (Å²) in [5, 5.41) is 13.9. The molecule has 0 heterocycles. The largest absolute Gasteiger partial charge is 0.481 e. The lowest BCUT2D eigenvalue weighted by Crippen LogP contribution is -2.24. The van der Waals surface area contributed by atoms with Gasteiger partial charge in [0.05, 0.1) is 0 Å². The van der Waals surface area contributed by atoms with Crippen molar-refractivity contribution in [3.63, 3.8) is 0 Å². The quantitative estimate of drug-likeness (QED) is 0.639. The van der Waals surface area contributed by atoms with E-state index in [2.05, 4.69) is 10.6 Å². The number of nitrogens with one attached hydrogen (secondary N) is 2. The van der Waals surface area contributed by atoms with Crippen LogP contribution < -0.4 is 10.6 Å². The summed E-state index contributed by atoms with van der Waals surface area (Å²) < 4.78 is 0. The highest BCUT2D eigenvalue weighted by Gasteiger charge is 2.05. The first-order valence-corrected chi connectivity index (χ1v) is 6.86. The lowest BCUT2D eigenvalue weighted by molar-refractivity contribution is -0.137. The predicted octanol–water partition coefficient (Wildman–Crippen LogP) is 2.02. The Morgan fingerprint density at radius 2 is 1.71 bits per heavy atom. The van der Waals surface area contributed by atoms with E-state index in [1.807, 2.05) is 0 Å². The predicted molar refractivity (Wildman–Crippen MR) is 79.2 cm³/mol. The lowest BCUT2D eigenvalue weighted by Gasteiger charge is -2.06. The van der Waals surface area contributed by atoms with Crippen LogP contribution in [0, 0.1) is 0 Å². The van der Waals surface area contributed by atoms with E-state index >= 15 is 0 Å². The molecule has 0 unspecified atom stereocenters. The topological polar surface area (TPSA) is 95.5 Å². The SMILES string of the molecule is CC(=O)Nc1ccc(C(=O)NCCCCCC(=O)O)cc1. The second-order valence-corrected chi connectivity index (χ2v) is 4.72. The minimum atomic E-state index is -0.793. The van der Waals surface area contributed by atoms with E-state index in [9.17, 15) is 14.4 Å². The van der Waals surface area contributed by atoms with Crippen molar-refractivity contribution in [1.82, 2.24) is 5.32 Å². The Morgan fingerprint density at radius 1 is 1.05 bits per heavy atom. The molecule has 6 heteroatoms. The third-order valence-corrected chi connectivity index (χ3v) is 2.82. The Hall–Kier alpha value is -2.37. The number of benzene rings is 1. The van der Waals surface area contributed by atoms with Gasteiger partial charge in [0.25, 0.3) is 5.91 Å². The van der Waals surface area contributed by atoms with E-state index in [0.717, 1.165) is 12.8 Å². The molecule has 0 aliphatic heterocycles. The normalized spacial score (nSPS) is 9.95. The summed E-state index contributed by atoms with van der Waals surface area (Å²) in [4.78, 5) is 33.0. The van der Waals surface area contributed by atoms with Crippen molar-refractivity contribution in [2.45, 2.75) is 32.6 Å². The number of aliphatic carboxylic acids is 1. The first-order chi connectivity index (χ1) is 9.99. The molecule has 1 aromatic carbocycles. The number of carbonyl (C=O) groups is 3. The van der Waals surface area contributed by atoms with E-state index in [1.54, 1.807) is 24.3 Å². The molecule has 0 atom stereocenters. The zero-order chi connectivity index (χ0) is 15.7. The molecule has 114 valence electrons. The third-order valence-electron chi connectivity index (χ3n) is 2.82. The fourth-order valence-corrected chi connectivity index (χ4v) is 1.79. The second-order valence-electron chi connectivity index (χ2n) is 4.72. The van der Waals surface area contributed by atoms with Gasteiger partial charge in [0.1, 0.15) is 0 Å². The molecule has 3 N–H and O–H groups in total. The Labute approximate surface area is 123 Å². The van der Waals surface area contributed by atoms with Crippen LogP contribution in [-0.4, -0.2) is 29.4 Å². The molecule has 0 spiro atoms. The Morgan fingerprint density at radius 3 is 2.29 bits per heavy atom. The van der Waals surface area contributed by atoms with Gasteiger partial charge in [-0.3, -0.25) is 14.4 Å². The maximum Gasteiger partial charge on any atom is 0.303 e. The standard InChI is InChI=1S/C15H20N2O4/c1-11(18)17-13-8-6-12(7-9-13)15(21)16-10-4-2-3-5-14(19)20/h6-9H,2-5,10H2,1H3,(H,16,21)(H,17,18)(H,19,20). The number of carbonyl (C=O) groups excluding carboxylic acids is 2. The van der Waals surface area contributed by atoms with Crippen LogP contribution >= 0.6 is 0 Å². The molecule has 21 heavy (non-hydrogen) atoms. The van der Waals surface area contributed by atoms with Crippen molar-refractivity contribution in [3.8, 4) is 0 Å². The molecule has 1 aromatic rings. The highest BCUT2D eigenvalue weighted by molar-refractivity contribution is 5.95. The summed E-state index contributed by atoms with van der Waals surface area (Å²) in [6.07, 6.45) is 2.31. The number of anilines is 1. The summed E-state index contributed by atoms with van der Waals surface area (Å²) in [6.45, 7) is 1.94. The van der Waals surface area contributed by atoms with Crippen LogP contribution in [-0.2, 0) is 9.59 Å². The number of carboxylic acid groups (broad SMARTS) is 1. The van der Waals surface area contributed by atoms with Crippen molar-refractivity contribution >= 4 is 23.5 Å². The molecular formula is C15H20N2O4. The van der Waals surface area contributed by atoms with Crippen molar-refractivity contribution in [2.75, 3.05) is 11.9 Å². The lowest BCUT2D eigenvalue weighted by atomic mass is 10.1. The fraction of sp³-hybridized carbons (Fsp3) is 0.400. The Kier molecular flexibility index (Phi) is 6.94. The van der Waals surface area contributed by atoms with E-state index in [-0.39, 0.29) is 18.2 Å². The minimum absolute atomic E-state index is 0.159. The maximum atomic E-state index is 11.8. The zero-order valence-electron chi connectivity index (χ0n) is 12.0. The summed E-state index contributed by atoms with van der Waals surface area (Å²) in [5.74, 6) is -1.13. The van der Waals surface area contributed by atoms with Crippen molar-refractivity contribution in [1.29, 1.82) is 0 Å². The molecule has 0 fully saturated rings. The van der Waals surface area contributed by atoms with Crippen LogP contribution in [0.5, 0.6) is 0 Å². The molecule has 0 saturated carbocycles. The molecule has 0 aliphatic carbocycles. The van der Waals surface area contributed by atoms with Gasteiger partial charge in [0, 0.05) is 31.1 Å². The van der Waals surface area contributed by atoms with Crippen molar-refractivity contribution < 1.29 is 19.5 Å². The number of carboxylic acids is 1. The van der Waals surface area contributed by atoms with Gasteiger partial charge in [-0.15, -0.1) is 0 Å². The summed E-state index contributed by atoms with van der Waals surface area (Å²) in [7, 11) is 0. The van der Waals surface area contributed by atoms with Crippen LogP contribution in [0.1, 0.15) is 43.0 Å². The van der Waals surface area contributed by atoms with Gasteiger partial charge < -0.3 is 15.7 Å². The summed E-state index contributed by atoms with van der Waals surface area (Å²) in [6, 6.07) is 6.63. The van der Waals surface area contributed by atoms with Gasteiger partial charge >= 0.3 is 5.97 Å². The van der Waals surface area contributed by atoms with E-state index in [1.165, 1.54) is 6.92 Å². The average Bonchev–Trinajstić information content (AvgIpc) is 2.42. The minimum Gasteiger partial charge on any atom is -0.481 e. The molecule has 0 bridgehead atoms. The first kappa shape index (κ1) is 16.7. The number of rotatable bonds is 8. The molecule has 0 radical (unpaired) electrons. The van der Waals surface area contributed by atoms with Crippen LogP contribution in [0.2, 0.25) is 0 Å². The molecule has 0 aliphatic rings. The van der Waals surface area contributed by atoms with Gasteiger partial charge in [0.15, 0.2) is 0 Å². The third kappa shape index (κ3) is 7.10. The maximum absolute atomic E-state index is 11.8. The van der Waals surface area contributed by atoms with Gasteiger partial charge in [-0.25, -0.2) is 0 Å². The fourth-order valence-electron chi connectivity index (χ4n) is 1.79. The smallest absolute Gasteiger partial charge is 0.303 e. The van der Waals surface area contributed by atoms with E-state index in [0.29, 0.717) is 24.2 Å². The number of hydrogen-bond acceptors (Lipinski definition) is 3. The average molecular weight is 292 g/mol. The second kappa shape index (κ2) is 8.73. The van der Waals surface area contributed by atoms with Gasteiger partial charge in [-0.1, -0.05) is 6.42 Å². The molecule has 0 aromatic heterocycles.